The highest BCUT2D eigenvalue weighted by molar-refractivity contribution is 7.99. The second kappa shape index (κ2) is 8.51. The third-order valence-electron chi connectivity index (χ3n) is 3.81. The fourth-order valence-corrected chi connectivity index (χ4v) is 3.93. The maximum absolute atomic E-state index is 12.9. The molecule has 0 unspecified atom stereocenters. The van der Waals surface area contributed by atoms with Crippen molar-refractivity contribution in [3.8, 4) is 0 Å². The predicted octanol–water partition coefficient (Wildman–Crippen LogP) is 4.53. The first kappa shape index (κ1) is 18.7. The Balaban J connectivity index is 1.57. The number of carbonyl (C=O) groups is 1. The molecular weight excluding hydrogens is 369 g/mol. The van der Waals surface area contributed by atoms with Gasteiger partial charge in [0.1, 0.15) is 11.6 Å². The molecule has 0 amide bonds. The minimum absolute atomic E-state index is 0.0615. The van der Waals surface area contributed by atoms with Gasteiger partial charge < -0.3 is 4.57 Å². The number of rotatable bonds is 7. The topological polar surface area (TPSA) is 47.8 Å². The zero-order chi connectivity index (χ0) is 18.5. The summed E-state index contributed by atoms with van der Waals surface area (Å²) >= 11 is 3.03. The Bertz CT molecular complexity index is 892. The van der Waals surface area contributed by atoms with Crippen molar-refractivity contribution in [1.29, 1.82) is 0 Å². The third-order valence-corrected chi connectivity index (χ3v) is 5.84. The maximum Gasteiger partial charge on any atom is 0.191 e. The van der Waals surface area contributed by atoms with Crippen LogP contribution in [0.15, 0.2) is 58.6 Å². The molecule has 0 radical (unpaired) electrons. The Kier molecular flexibility index (Phi) is 6.11. The molecule has 1 aromatic heterocycles. The van der Waals surface area contributed by atoms with Gasteiger partial charge in [0.25, 0.3) is 0 Å². The van der Waals surface area contributed by atoms with Crippen LogP contribution in [0.4, 0.5) is 4.39 Å². The number of hydrogen-bond acceptors (Lipinski definition) is 5. The van der Waals surface area contributed by atoms with Gasteiger partial charge in [0, 0.05) is 17.5 Å². The predicted molar refractivity (Wildman–Crippen MR) is 103 cm³/mol. The molecule has 4 nitrogen and oxygen atoms in total. The number of benzene rings is 2. The van der Waals surface area contributed by atoms with Gasteiger partial charge in [0.15, 0.2) is 10.9 Å². The Labute approximate surface area is 160 Å². The van der Waals surface area contributed by atoms with Crippen LogP contribution in [0.3, 0.4) is 0 Å². The summed E-state index contributed by atoms with van der Waals surface area (Å²) < 4.78 is 14.8. The largest absolute Gasteiger partial charge is 0.308 e. The van der Waals surface area contributed by atoms with E-state index in [1.165, 1.54) is 46.5 Å². The number of ketones is 1. The van der Waals surface area contributed by atoms with E-state index in [9.17, 15) is 9.18 Å². The van der Waals surface area contributed by atoms with Gasteiger partial charge >= 0.3 is 0 Å². The molecule has 0 aliphatic rings. The smallest absolute Gasteiger partial charge is 0.191 e. The average Bonchev–Trinajstić information content (AvgIpc) is 3.00. The molecule has 0 aliphatic carbocycles. The summed E-state index contributed by atoms with van der Waals surface area (Å²) in [5.74, 6) is 1.39. The molecular formula is C19H18FN3OS2. The Morgan fingerprint density at radius 3 is 2.42 bits per heavy atom. The van der Waals surface area contributed by atoms with Crippen molar-refractivity contribution >= 4 is 29.3 Å². The number of nitrogens with zero attached hydrogens (tertiary/aromatic N) is 3. The zero-order valence-electron chi connectivity index (χ0n) is 14.5. The van der Waals surface area contributed by atoms with E-state index in [-0.39, 0.29) is 17.4 Å². The summed E-state index contributed by atoms with van der Waals surface area (Å²) in [6.07, 6.45) is 0. The van der Waals surface area contributed by atoms with Gasteiger partial charge in [-0.2, -0.15) is 0 Å². The van der Waals surface area contributed by atoms with E-state index in [0.717, 1.165) is 5.82 Å². The van der Waals surface area contributed by atoms with E-state index in [1.54, 1.807) is 11.8 Å². The zero-order valence-corrected chi connectivity index (χ0v) is 16.1. The highest BCUT2D eigenvalue weighted by Gasteiger charge is 2.13. The van der Waals surface area contributed by atoms with Crippen molar-refractivity contribution in [2.75, 3.05) is 5.75 Å². The lowest BCUT2D eigenvalue weighted by atomic mass is 10.1. The van der Waals surface area contributed by atoms with Gasteiger partial charge in [0.2, 0.25) is 0 Å². The molecule has 7 heteroatoms. The molecule has 3 aromatic rings. The van der Waals surface area contributed by atoms with E-state index in [0.29, 0.717) is 16.5 Å². The number of halogens is 1. The number of aromatic nitrogens is 3. The summed E-state index contributed by atoms with van der Waals surface area (Å²) in [5.41, 5.74) is 1.73. The van der Waals surface area contributed by atoms with Crippen molar-refractivity contribution in [2.24, 2.45) is 7.05 Å². The number of carbonyl (C=O) groups excluding carboxylic acids is 1. The number of hydrogen-bond donors (Lipinski definition) is 0. The van der Waals surface area contributed by atoms with Gasteiger partial charge in [-0.1, -0.05) is 29.5 Å². The van der Waals surface area contributed by atoms with Crippen LogP contribution in [0.5, 0.6) is 0 Å². The summed E-state index contributed by atoms with van der Waals surface area (Å²) in [6, 6.07) is 13.9. The second-order valence-electron chi connectivity index (χ2n) is 5.78. The van der Waals surface area contributed by atoms with Crippen LogP contribution in [-0.4, -0.2) is 26.3 Å². The highest BCUT2D eigenvalue weighted by Crippen LogP contribution is 2.24. The van der Waals surface area contributed by atoms with Gasteiger partial charge in [-0.15, -0.1) is 22.0 Å². The molecule has 1 heterocycles. The molecule has 0 N–H and O–H groups in total. The number of aryl methyl sites for hydroxylation is 1. The quantitative estimate of drug-likeness (QED) is 0.440. The van der Waals surface area contributed by atoms with Gasteiger partial charge in [-0.25, -0.2) is 4.39 Å². The lowest BCUT2D eigenvalue weighted by molar-refractivity contribution is 0.102. The van der Waals surface area contributed by atoms with Crippen LogP contribution in [0.1, 0.15) is 21.7 Å². The Morgan fingerprint density at radius 2 is 1.73 bits per heavy atom. The van der Waals surface area contributed by atoms with Crippen molar-refractivity contribution in [1.82, 2.24) is 14.8 Å². The minimum Gasteiger partial charge on any atom is -0.308 e. The molecule has 0 aliphatic heterocycles. The van der Waals surface area contributed by atoms with E-state index >= 15 is 0 Å². The van der Waals surface area contributed by atoms with Crippen LogP contribution in [0, 0.1) is 12.7 Å². The first-order chi connectivity index (χ1) is 12.5. The first-order valence-corrected chi connectivity index (χ1v) is 9.99. The first-order valence-electron chi connectivity index (χ1n) is 8.02. The Hall–Kier alpha value is -2.12. The van der Waals surface area contributed by atoms with E-state index < -0.39 is 0 Å². The van der Waals surface area contributed by atoms with Gasteiger partial charge in [-0.05, 0) is 43.3 Å². The van der Waals surface area contributed by atoms with Crippen LogP contribution in [0.25, 0.3) is 0 Å². The molecule has 0 saturated heterocycles. The summed E-state index contributed by atoms with van der Waals surface area (Å²) in [6.45, 7) is 2.06. The summed E-state index contributed by atoms with van der Waals surface area (Å²) in [7, 11) is 1.90. The summed E-state index contributed by atoms with van der Waals surface area (Å²) in [5, 5.41) is 9.09. The molecule has 0 bridgehead atoms. The average molecular weight is 388 g/mol. The minimum atomic E-state index is -0.349. The maximum atomic E-state index is 12.9. The fourth-order valence-electron chi connectivity index (χ4n) is 2.23. The standard InChI is InChI=1S/C19H18FN3OS2/c1-13-3-9-16(10-4-13)25-12-18-21-22-19(23(18)2)26-11-17(24)14-5-7-15(20)8-6-14/h3-10H,11-12H2,1-2H3. The highest BCUT2D eigenvalue weighted by atomic mass is 32.2. The van der Waals surface area contributed by atoms with E-state index in [2.05, 4.69) is 41.4 Å². The molecule has 3 rings (SSSR count). The van der Waals surface area contributed by atoms with Crippen LogP contribution in [0.2, 0.25) is 0 Å². The molecule has 26 heavy (non-hydrogen) atoms. The molecule has 0 spiro atoms. The molecule has 0 atom stereocenters. The monoisotopic (exact) mass is 387 g/mol. The van der Waals surface area contributed by atoms with Gasteiger partial charge in [0.05, 0.1) is 11.5 Å². The lowest BCUT2D eigenvalue weighted by Gasteiger charge is -2.04. The van der Waals surface area contributed by atoms with Crippen molar-refractivity contribution in [2.45, 2.75) is 22.7 Å². The van der Waals surface area contributed by atoms with E-state index in [4.69, 9.17) is 0 Å². The SMILES string of the molecule is Cc1ccc(SCc2nnc(SCC(=O)c3ccc(F)cc3)n2C)cc1. The molecule has 2 aromatic carbocycles. The number of thioether (sulfide) groups is 2. The third kappa shape index (κ3) is 4.74. The van der Waals surface area contributed by atoms with Crippen molar-refractivity contribution < 1.29 is 9.18 Å². The normalized spacial score (nSPS) is 10.9. The molecule has 0 fully saturated rings. The second-order valence-corrected chi connectivity index (χ2v) is 7.77. The van der Waals surface area contributed by atoms with Gasteiger partial charge in [-0.3, -0.25) is 4.79 Å². The lowest BCUT2D eigenvalue weighted by Crippen LogP contribution is -2.04. The van der Waals surface area contributed by atoms with Crippen LogP contribution in [-0.2, 0) is 12.8 Å². The van der Waals surface area contributed by atoms with Crippen LogP contribution < -0.4 is 0 Å². The van der Waals surface area contributed by atoms with E-state index in [1.807, 2.05) is 11.6 Å². The van der Waals surface area contributed by atoms with Crippen molar-refractivity contribution in [3.63, 3.8) is 0 Å². The molecule has 0 saturated carbocycles. The number of Topliss-reactive ketones (excluding diaryl/α,β-unsaturated/α-hetero) is 1. The Morgan fingerprint density at radius 1 is 1.04 bits per heavy atom. The van der Waals surface area contributed by atoms with Crippen molar-refractivity contribution in [3.05, 3.63) is 71.3 Å². The molecule has 134 valence electrons. The van der Waals surface area contributed by atoms with Crippen LogP contribution >= 0.6 is 23.5 Å². The fraction of sp³-hybridized carbons (Fsp3) is 0.211. The summed E-state index contributed by atoms with van der Waals surface area (Å²) in [4.78, 5) is 13.4.